The molecule has 8 heterocycles. The van der Waals surface area contributed by atoms with Crippen LogP contribution in [0, 0.1) is 0 Å². The fourth-order valence-corrected chi connectivity index (χ4v) is 8.27. The number of fused-ring (bicyclic) bond motifs is 10. The molecule has 8 nitrogen and oxygen atoms in total. The average Bonchev–Trinajstić information content (AvgIpc) is 4.03. The molecule has 12 aromatic rings. The van der Waals surface area contributed by atoms with E-state index in [1.165, 1.54) is 0 Å². The highest BCUT2D eigenvalue weighted by molar-refractivity contribution is 6.20. The van der Waals surface area contributed by atoms with Crippen molar-refractivity contribution in [3.8, 4) is 33.8 Å². The van der Waals surface area contributed by atoms with Gasteiger partial charge in [-0.15, -0.1) is 0 Å². The van der Waals surface area contributed by atoms with Crippen LogP contribution >= 0.6 is 0 Å². The minimum absolute atomic E-state index is 0.865. The monoisotopic (exact) mass is 666 g/mol. The molecule has 0 aliphatic carbocycles. The highest BCUT2D eigenvalue weighted by atomic mass is 14.8. The second-order valence-electron chi connectivity index (χ2n) is 13.4. The molecule has 0 saturated carbocycles. The summed E-state index contributed by atoms with van der Waals surface area (Å²) >= 11 is 0. The largest absolute Gasteiger partial charge is 0.361 e. The normalized spacial score (nSPS) is 12.2. The Balaban J connectivity index is 1.09. The van der Waals surface area contributed by atoms with Crippen LogP contribution in [-0.2, 0) is 0 Å². The van der Waals surface area contributed by atoms with Gasteiger partial charge >= 0.3 is 0 Å². The zero-order chi connectivity index (χ0) is 33.9. The lowest BCUT2D eigenvalue weighted by atomic mass is 9.95. The molecule has 0 aliphatic heterocycles. The summed E-state index contributed by atoms with van der Waals surface area (Å²) in [6.07, 6.45) is 9.81. The minimum Gasteiger partial charge on any atom is -0.361 e. The third-order valence-electron chi connectivity index (χ3n) is 10.6. The van der Waals surface area contributed by atoms with Gasteiger partial charge in [-0.3, -0.25) is 4.98 Å². The predicted octanol–water partition coefficient (Wildman–Crippen LogP) is 10.8. The van der Waals surface area contributed by atoms with Crippen molar-refractivity contribution < 1.29 is 0 Å². The van der Waals surface area contributed by atoms with Gasteiger partial charge in [0.25, 0.3) is 0 Å². The first-order chi connectivity index (χ1) is 25.8. The van der Waals surface area contributed by atoms with Crippen molar-refractivity contribution in [2.75, 3.05) is 0 Å². The Kier molecular flexibility index (Phi) is 5.35. The van der Waals surface area contributed by atoms with E-state index >= 15 is 0 Å². The van der Waals surface area contributed by atoms with Gasteiger partial charge in [-0.2, -0.15) is 0 Å². The predicted molar refractivity (Wildman–Crippen MR) is 211 cm³/mol. The number of nitrogens with zero attached hydrogens (tertiary/aromatic N) is 4. The molecule has 0 spiro atoms. The van der Waals surface area contributed by atoms with E-state index in [9.17, 15) is 0 Å². The van der Waals surface area contributed by atoms with E-state index in [0.29, 0.717) is 0 Å². The summed E-state index contributed by atoms with van der Waals surface area (Å²) in [5.41, 5.74) is 13.5. The topological polar surface area (TPSA) is 115 Å². The Hall–Kier alpha value is -7.32. The van der Waals surface area contributed by atoms with E-state index in [0.717, 1.165) is 121 Å². The lowest BCUT2D eigenvalue weighted by molar-refractivity contribution is 1.37. The summed E-state index contributed by atoms with van der Waals surface area (Å²) in [5, 5.41) is 8.62. The Morgan fingerprint density at radius 3 is 1.44 bits per heavy atom. The lowest BCUT2D eigenvalue weighted by Crippen LogP contribution is -1.94. The van der Waals surface area contributed by atoms with Gasteiger partial charge < -0.3 is 19.9 Å². The Labute approximate surface area is 294 Å². The molecule has 0 fully saturated rings. The molecule has 4 aromatic carbocycles. The van der Waals surface area contributed by atoms with Crippen LogP contribution in [0.25, 0.3) is 121 Å². The second kappa shape index (κ2) is 10.1. The van der Waals surface area contributed by atoms with E-state index in [2.05, 4.69) is 117 Å². The fraction of sp³-hybridized carbons (Fsp3) is 0. The molecule has 0 bridgehead atoms. The number of aromatic nitrogens is 8. The molecule has 0 unspecified atom stereocenters. The molecule has 12 rings (SSSR count). The zero-order valence-corrected chi connectivity index (χ0v) is 27.5. The van der Waals surface area contributed by atoms with Crippen LogP contribution in [0.1, 0.15) is 0 Å². The molecule has 8 aromatic heterocycles. The molecule has 8 heteroatoms. The van der Waals surface area contributed by atoms with Crippen molar-refractivity contribution in [2.45, 2.75) is 0 Å². The van der Waals surface area contributed by atoms with Gasteiger partial charge in [-0.1, -0.05) is 48.5 Å². The van der Waals surface area contributed by atoms with Crippen molar-refractivity contribution >= 4 is 87.2 Å². The second-order valence-corrected chi connectivity index (χ2v) is 13.4. The van der Waals surface area contributed by atoms with Gasteiger partial charge in [-0.25, -0.2) is 15.0 Å². The van der Waals surface area contributed by atoms with E-state index in [4.69, 9.17) is 19.9 Å². The molecule has 242 valence electrons. The van der Waals surface area contributed by atoms with E-state index < -0.39 is 0 Å². The highest BCUT2D eigenvalue weighted by Gasteiger charge is 2.21. The van der Waals surface area contributed by atoms with Gasteiger partial charge in [0.1, 0.15) is 0 Å². The number of aromatic amines is 4. The summed E-state index contributed by atoms with van der Waals surface area (Å²) in [6, 6.07) is 36.0. The van der Waals surface area contributed by atoms with Gasteiger partial charge in [0.05, 0.1) is 55.7 Å². The van der Waals surface area contributed by atoms with E-state index in [1.54, 1.807) is 0 Å². The maximum absolute atomic E-state index is 5.42. The van der Waals surface area contributed by atoms with E-state index in [1.807, 2.05) is 37.1 Å². The SMILES string of the molecule is c1cnc2c(c1)ccc1ccc(-c3c4cc[nH]c4c(-c4ccc5ccc6ccc(-c7c8cc[nH]c8cc8cc[nH]c78)nc6c5n4)c4cc[nH]c34)nc12. The van der Waals surface area contributed by atoms with Crippen LogP contribution in [0.2, 0.25) is 0 Å². The van der Waals surface area contributed by atoms with Crippen molar-refractivity contribution in [3.63, 3.8) is 0 Å². The minimum atomic E-state index is 0.865. The number of nitrogens with one attached hydrogen (secondary N) is 4. The van der Waals surface area contributed by atoms with Crippen molar-refractivity contribution in [1.82, 2.24) is 39.9 Å². The maximum Gasteiger partial charge on any atom is 0.0972 e. The number of hydrogen-bond donors (Lipinski definition) is 4. The quantitative estimate of drug-likeness (QED) is 0.140. The fourth-order valence-electron chi connectivity index (χ4n) is 8.27. The first kappa shape index (κ1) is 27.5. The van der Waals surface area contributed by atoms with E-state index in [-0.39, 0.29) is 0 Å². The van der Waals surface area contributed by atoms with Crippen LogP contribution in [-0.4, -0.2) is 39.9 Å². The molecule has 0 radical (unpaired) electrons. The summed E-state index contributed by atoms with van der Waals surface area (Å²) in [5.74, 6) is 0. The van der Waals surface area contributed by atoms with Crippen LogP contribution in [0.4, 0.5) is 0 Å². The Morgan fingerprint density at radius 2 is 0.827 bits per heavy atom. The molecular formula is C44H26N8. The van der Waals surface area contributed by atoms with Gasteiger partial charge in [-0.05, 0) is 54.6 Å². The van der Waals surface area contributed by atoms with Crippen molar-refractivity contribution in [3.05, 3.63) is 134 Å². The van der Waals surface area contributed by atoms with Crippen molar-refractivity contribution in [2.24, 2.45) is 0 Å². The molecule has 52 heavy (non-hydrogen) atoms. The van der Waals surface area contributed by atoms with Crippen LogP contribution in [0.3, 0.4) is 0 Å². The van der Waals surface area contributed by atoms with Crippen LogP contribution in [0.15, 0.2) is 134 Å². The van der Waals surface area contributed by atoms with Crippen molar-refractivity contribution in [1.29, 1.82) is 0 Å². The number of benzene rings is 4. The van der Waals surface area contributed by atoms with Crippen LogP contribution < -0.4 is 0 Å². The zero-order valence-electron chi connectivity index (χ0n) is 27.5. The number of H-pyrrole nitrogens is 4. The van der Waals surface area contributed by atoms with Gasteiger partial charge in [0.15, 0.2) is 0 Å². The summed E-state index contributed by atoms with van der Waals surface area (Å²) in [4.78, 5) is 34.7. The number of rotatable bonds is 3. The molecule has 0 amide bonds. The third kappa shape index (κ3) is 3.75. The van der Waals surface area contributed by atoms with Gasteiger partial charge in [0, 0.05) is 96.3 Å². The smallest absolute Gasteiger partial charge is 0.0972 e. The molecule has 0 aliphatic rings. The molecule has 0 saturated heterocycles. The molecule has 0 atom stereocenters. The first-order valence-corrected chi connectivity index (χ1v) is 17.3. The Morgan fingerprint density at radius 1 is 0.365 bits per heavy atom. The standard InChI is InChI=1S/C44H26N8/c1-2-23-3-4-24-7-11-32(50-40(24)39(23)46-17-1)36-29-15-20-49-44(29)37(30-16-21-48-43(30)36)33-12-9-26-6-5-25-8-10-31(51-41(25)42(26)52-33)35-28-14-19-45-34(28)22-27-13-18-47-38(27)35/h1-22,45,47-49H. The van der Waals surface area contributed by atoms with Gasteiger partial charge in [0.2, 0.25) is 0 Å². The Bertz CT molecular complexity index is 3330. The molecule has 4 N–H and O–H groups in total. The molecular weight excluding hydrogens is 641 g/mol. The summed E-state index contributed by atoms with van der Waals surface area (Å²) in [7, 11) is 0. The average molecular weight is 667 g/mol. The third-order valence-corrected chi connectivity index (χ3v) is 10.6. The summed E-state index contributed by atoms with van der Waals surface area (Å²) in [6.45, 7) is 0. The first-order valence-electron chi connectivity index (χ1n) is 17.3. The summed E-state index contributed by atoms with van der Waals surface area (Å²) < 4.78 is 0. The lowest BCUT2D eigenvalue weighted by Gasteiger charge is -2.13. The maximum atomic E-state index is 5.42. The number of pyridine rings is 4. The van der Waals surface area contributed by atoms with Crippen LogP contribution in [0.5, 0.6) is 0 Å². The highest BCUT2D eigenvalue weighted by Crippen LogP contribution is 2.43. The number of hydrogen-bond acceptors (Lipinski definition) is 4.